The fraction of sp³-hybridized carbons (Fsp3) is 0.435. The minimum Gasteiger partial charge on any atom is -0.354 e. The number of benzene rings is 1. The summed E-state index contributed by atoms with van der Waals surface area (Å²) in [7, 11) is 0. The third-order valence-corrected chi connectivity index (χ3v) is 5.70. The second kappa shape index (κ2) is 8.12. The molecular weight excluding hydrogens is 332 g/mol. The van der Waals surface area contributed by atoms with E-state index in [1.807, 2.05) is 12.3 Å². The molecular formula is C23H29N4. The van der Waals surface area contributed by atoms with Crippen LogP contribution in [-0.4, -0.2) is 22.6 Å². The molecule has 27 heavy (non-hydrogen) atoms. The van der Waals surface area contributed by atoms with Gasteiger partial charge in [-0.2, -0.15) is 4.98 Å². The predicted octanol–water partition coefficient (Wildman–Crippen LogP) is 5.47. The molecule has 0 amide bonds. The van der Waals surface area contributed by atoms with E-state index in [1.165, 1.54) is 48.8 Å². The van der Waals surface area contributed by atoms with Crippen LogP contribution in [0.4, 0.5) is 11.8 Å². The number of hydrogen-bond acceptors (Lipinski definition) is 4. The van der Waals surface area contributed by atoms with Gasteiger partial charge in [-0.25, -0.2) is 4.98 Å². The maximum atomic E-state index is 4.96. The zero-order valence-electron chi connectivity index (χ0n) is 16.2. The van der Waals surface area contributed by atoms with Gasteiger partial charge in [-0.1, -0.05) is 38.1 Å². The van der Waals surface area contributed by atoms with Crippen LogP contribution in [0.1, 0.15) is 56.6 Å². The number of fused-ring (bicyclic) bond motifs is 3. The minimum absolute atomic E-state index is 0.549. The number of anilines is 2. The third-order valence-electron chi connectivity index (χ3n) is 5.70. The van der Waals surface area contributed by atoms with Crippen LogP contribution in [0, 0.1) is 6.42 Å². The molecule has 2 aromatic rings. The quantitative estimate of drug-likeness (QED) is 0.693. The van der Waals surface area contributed by atoms with Gasteiger partial charge >= 0.3 is 0 Å². The van der Waals surface area contributed by atoms with Gasteiger partial charge in [0.25, 0.3) is 0 Å². The highest BCUT2D eigenvalue weighted by molar-refractivity contribution is 5.82. The molecule has 1 N–H and O–H groups in total. The van der Waals surface area contributed by atoms with E-state index in [2.05, 4.69) is 53.3 Å². The zero-order valence-corrected chi connectivity index (χ0v) is 16.2. The van der Waals surface area contributed by atoms with Gasteiger partial charge in [-0.05, 0) is 61.3 Å². The van der Waals surface area contributed by atoms with Crippen molar-refractivity contribution >= 4 is 17.8 Å². The van der Waals surface area contributed by atoms with Crippen LogP contribution in [0.3, 0.4) is 0 Å². The molecule has 1 aromatic carbocycles. The summed E-state index contributed by atoms with van der Waals surface area (Å²) in [6.45, 7) is 7.97. The Hall–Kier alpha value is -2.36. The molecule has 1 aliphatic heterocycles. The molecule has 1 fully saturated rings. The van der Waals surface area contributed by atoms with Gasteiger partial charge in [0, 0.05) is 30.9 Å². The number of nitrogens with zero attached hydrogens (tertiary/aromatic N) is 3. The van der Waals surface area contributed by atoms with E-state index >= 15 is 0 Å². The molecule has 141 valence electrons. The number of rotatable bonds is 6. The van der Waals surface area contributed by atoms with Crippen LogP contribution >= 0.6 is 0 Å². The molecule has 0 bridgehead atoms. The van der Waals surface area contributed by atoms with Crippen molar-refractivity contribution in [3.05, 3.63) is 48.5 Å². The molecule has 0 spiro atoms. The Bertz CT molecular complexity index is 808. The van der Waals surface area contributed by atoms with Gasteiger partial charge in [0.2, 0.25) is 5.95 Å². The molecule has 1 aromatic heterocycles. The maximum Gasteiger partial charge on any atom is 0.224 e. The average Bonchev–Trinajstić information content (AvgIpc) is 2.73. The summed E-state index contributed by atoms with van der Waals surface area (Å²) in [5, 5.41) is 3.39. The van der Waals surface area contributed by atoms with E-state index in [0.717, 1.165) is 36.8 Å². The van der Waals surface area contributed by atoms with Crippen molar-refractivity contribution in [3.63, 3.8) is 0 Å². The Labute approximate surface area is 162 Å². The van der Waals surface area contributed by atoms with Crippen molar-refractivity contribution in [1.29, 1.82) is 0 Å². The monoisotopic (exact) mass is 361 g/mol. The summed E-state index contributed by atoms with van der Waals surface area (Å²) in [6, 6.07) is 7.15. The maximum absolute atomic E-state index is 4.96. The summed E-state index contributed by atoms with van der Waals surface area (Å²) in [4.78, 5) is 12.1. The van der Waals surface area contributed by atoms with Gasteiger partial charge in [-0.3, -0.25) is 0 Å². The summed E-state index contributed by atoms with van der Waals surface area (Å²) in [5.41, 5.74) is 4.94. The van der Waals surface area contributed by atoms with Crippen LogP contribution in [0.25, 0.3) is 17.2 Å². The number of nitrogens with one attached hydrogen (secondary N) is 1. The van der Waals surface area contributed by atoms with Crippen molar-refractivity contribution in [3.8, 4) is 11.1 Å². The first kappa shape index (κ1) is 18.0. The topological polar surface area (TPSA) is 41.1 Å². The van der Waals surface area contributed by atoms with Crippen LogP contribution in [0.2, 0.25) is 0 Å². The van der Waals surface area contributed by atoms with Crippen molar-refractivity contribution < 1.29 is 0 Å². The first-order chi connectivity index (χ1) is 13.3. The number of hydrogen-bond donors (Lipinski definition) is 1. The number of aromatic nitrogens is 2. The Balaban J connectivity index is 1.73. The molecule has 4 heteroatoms. The minimum atomic E-state index is 0.549. The van der Waals surface area contributed by atoms with Crippen molar-refractivity contribution in [2.75, 3.05) is 16.8 Å². The second-order valence-electron chi connectivity index (χ2n) is 7.56. The average molecular weight is 362 g/mol. The SMILES string of the molecule is C=Cc1ccc2c(c1)CN(C1CC[CH]CC1)c1nc(NCCCC)ncc1-2. The summed E-state index contributed by atoms with van der Waals surface area (Å²) in [5.74, 6) is 1.84. The molecule has 2 heterocycles. The second-order valence-corrected chi connectivity index (χ2v) is 7.56. The summed E-state index contributed by atoms with van der Waals surface area (Å²) < 4.78 is 0. The first-order valence-electron chi connectivity index (χ1n) is 10.2. The van der Waals surface area contributed by atoms with Crippen LogP contribution in [-0.2, 0) is 6.54 Å². The highest BCUT2D eigenvalue weighted by Gasteiger charge is 2.30. The molecule has 4 rings (SSSR count). The fourth-order valence-electron chi connectivity index (χ4n) is 4.16. The fourth-order valence-corrected chi connectivity index (χ4v) is 4.16. The highest BCUT2D eigenvalue weighted by atomic mass is 15.3. The van der Waals surface area contributed by atoms with E-state index in [4.69, 9.17) is 4.98 Å². The van der Waals surface area contributed by atoms with E-state index in [0.29, 0.717) is 6.04 Å². The van der Waals surface area contributed by atoms with Crippen molar-refractivity contribution in [2.24, 2.45) is 0 Å². The van der Waals surface area contributed by atoms with E-state index in [-0.39, 0.29) is 0 Å². The first-order valence-corrected chi connectivity index (χ1v) is 10.2. The lowest BCUT2D eigenvalue weighted by atomic mass is 9.89. The van der Waals surface area contributed by atoms with Gasteiger partial charge in [0.05, 0.1) is 0 Å². The summed E-state index contributed by atoms with van der Waals surface area (Å²) >= 11 is 0. The van der Waals surface area contributed by atoms with Crippen LogP contribution in [0.15, 0.2) is 31.0 Å². The smallest absolute Gasteiger partial charge is 0.224 e. The van der Waals surface area contributed by atoms with Crippen LogP contribution in [0.5, 0.6) is 0 Å². The third kappa shape index (κ3) is 3.71. The van der Waals surface area contributed by atoms with Gasteiger partial charge in [0.1, 0.15) is 5.82 Å². The van der Waals surface area contributed by atoms with Crippen molar-refractivity contribution in [2.45, 2.75) is 58.0 Å². The number of unbranched alkanes of at least 4 members (excludes halogenated alkanes) is 1. The Morgan fingerprint density at radius 2 is 2.11 bits per heavy atom. The van der Waals surface area contributed by atoms with Gasteiger partial charge in [0.15, 0.2) is 0 Å². The molecule has 2 aliphatic rings. The van der Waals surface area contributed by atoms with Crippen molar-refractivity contribution in [1.82, 2.24) is 9.97 Å². The zero-order chi connectivity index (χ0) is 18.6. The molecule has 1 aliphatic carbocycles. The lowest BCUT2D eigenvalue weighted by Gasteiger charge is -2.39. The largest absolute Gasteiger partial charge is 0.354 e. The van der Waals surface area contributed by atoms with Gasteiger partial charge < -0.3 is 10.2 Å². The standard InChI is InChI=1S/C23H29N4/c1-3-5-13-24-23-25-15-21-20-12-11-17(4-2)14-18(20)16-27(22(21)26-23)19-9-7-6-8-10-19/h4,6,11-12,14-15,19H,2-3,5,7-10,13,16H2,1H3,(H,24,25,26). The Morgan fingerprint density at radius 3 is 2.89 bits per heavy atom. The molecule has 0 saturated heterocycles. The molecule has 0 atom stereocenters. The van der Waals surface area contributed by atoms with Crippen LogP contribution < -0.4 is 10.2 Å². The Morgan fingerprint density at radius 1 is 1.26 bits per heavy atom. The van der Waals surface area contributed by atoms with E-state index in [1.54, 1.807) is 0 Å². The predicted molar refractivity (Wildman–Crippen MR) is 114 cm³/mol. The van der Waals surface area contributed by atoms with Gasteiger partial charge in [-0.15, -0.1) is 0 Å². The molecule has 1 saturated carbocycles. The molecule has 0 unspecified atom stereocenters. The lowest BCUT2D eigenvalue weighted by molar-refractivity contribution is 0.461. The van der Waals surface area contributed by atoms with E-state index in [9.17, 15) is 0 Å². The molecule has 1 radical (unpaired) electrons. The Kier molecular flexibility index (Phi) is 5.42. The normalized spacial score (nSPS) is 16.6. The molecule has 4 nitrogen and oxygen atoms in total. The van der Waals surface area contributed by atoms with E-state index < -0.39 is 0 Å². The highest BCUT2D eigenvalue weighted by Crippen LogP contribution is 2.41. The summed E-state index contributed by atoms with van der Waals surface area (Å²) in [6.07, 6.45) is 13.5. The lowest BCUT2D eigenvalue weighted by Crippen LogP contribution is -2.39.